The highest BCUT2D eigenvalue weighted by atomic mass is 16.1. The van der Waals surface area contributed by atoms with Crippen LogP contribution in [0.1, 0.15) is 12.1 Å². The molecule has 0 saturated carbocycles. The molecule has 0 radical (unpaired) electrons. The molecule has 0 bridgehead atoms. The second-order valence-electron chi connectivity index (χ2n) is 3.08. The summed E-state index contributed by atoms with van der Waals surface area (Å²) in [5.41, 5.74) is 0.897. The second-order valence-corrected chi connectivity index (χ2v) is 3.08. The lowest BCUT2D eigenvalue weighted by molar-refractivity contribution is -0.116. The van der Waals surface area contributed by atoms with Crippen molar-refractivity contribution in [2.45, 2.75) is 6.42 Å². The summed E-state index contributed by atoms with van der Waals surface area (Å²) in [6, 6.07) is 1.84. The van der Waals surface area contributed by atoms with Gasteiger partial charge in [0, 0.05) is 25.9 Å². The van der Waals surface area contributed by atoms with E-state index in [4.69, 9.17) is 0 Å². The van der Waals surface area contributed by atoms with E-state index in [0.29, 0.717) is 6.54 Å². The highest BCUT2D eigenvalue weighted by Crippen LogP contribution is 1.98. The number of rotatable bonds is 5. The van der Waals surface area contributed by atoms with Gasteiger partial charge >= 0.3 is 0 Å². The lowest BCUT2D eigenvalue weighted by atomic mass is 10.3. The number of nitrogens with zero attached hydrogens (tertiary/aromatic N) is 2. The Bertz CT molecular complexity index is 366. The molecular weight excluding hydrogens is 190 g/mol. The number of aryl methyl sites for hydroxylation is 1. The second kappa shape index (κ2) is 5.80. The van der Waals surface area contributed by atoms with Crippen LogP contribution in [0.15, 0.2) is 31.0 Å². The molecule has 0 aliphatic carbocycles. The van der Waals surface area contributed by atoms with E-state index in [1.165, 1.54) is 6.08 Å². The number of aromatic nitrogens is 2. The normalized spacial score (nSPS) is 10.5. The van der Waals surface area contributed by atoms with E-state index in [-0.39, 0.29) is 5.91 Å². The van der Waals surface area contributed by atoms with Gasteiger partial charge < -0.3 is 5.32 Å². The monoisotopic (exact) mass is 205 g/mol. The molecule has 4 heteroatoms. The molecule has 0 aliphatic heterocycles. The Balaban J connectivity index is 2.41. The van der Waals surface area contributed by atoms with Gasteiger partial charge in [0.1, 0.15) is 0 Å². The molecule has 80 valence electrons. The van der Waals surface area contributed by atoms with Gasteiger partial charge in [-0.1, -0.05) is 6.08 Å². The highest BCUT2D eigenvalue weighted by molar-refractivity contribution is 5.91. The van der Waals surface area contributed by atoms with Crippen molar-refractivity contribution in [1.29, 1.82) is 0 Å². The van der Waals surface area contributed by atoms with E-state index < -0.39 is 0 Å². The van der Waals surface area contributed by atoms with Crippen LogP contribution in [0.2, 0.25) is 0 Å². The van der Waals surface area contributed by atoms with E-state index in [9.17, 15) is 4.79 Å². The molecule has 1 amide bonds. The minimum absolute atomic E-state index is 0.0990. The van der Waals surface area contributed by atoms with Crippen LogP contribution in [0.5, 0.6) is 0 Å². The maximum absolute atomic E-state index is 11.3. The Morgan fingerprint density at radius 1 is 1.73 bits per heavy atom. The lowest BCUT2D eigenvalue weighted by Gasteiger charge is -1.98. The summed E-state index contributed by atoms with van der Waals surface area (Å²) in [6.07, 6.45) is 7.47. The summed E-state index contributed by atoms with van der Waals surface area (Å²) in [5.74, 6) is -0.0990. The summed E-state index contributed by atoms with van der Waals surface area (Å²) < 4.78 is 1.70. The van der Waals surface area contributed by atoms with Gasteiger partial charge in [0.25, 0.3) is 0 Å². The third kappa shape index (κ3) is 3.81. The molecular formula is C11H15N3O. The molecule has 4 nitrogen and oxygen atoms in total. The molecule has 0 unspecified atom stereocenters. The first-order chi connectivity index (χ1) is 7.24. The van der Waals surface area contributed by atoms with E-state index in [1.54, 1.807) is 23.0 Å². The largest absolute Gasteiger partial charge is 0.352 e. The van der Waals surface area contributed by atoms with Crippen LogP contribution in [0, 0.1) is 0 Å². The van der Waals surface area contributed by atoms with Gasteiger partial charge in [-0.3, -0.25) is 9.48 Å². The first-order valence-electron chi connectivity index (χ1n) is 4.79. The standard InChI is InChI=1S/C11H15N3O/c1-3-4-8-12-11(15)6-5-10-7-9-13-14(10)2/h3,5-7,9H,1,4,8H2,2H3,(H,12,15)/b6-5+. The Morgan fingerprint density at radius 2 is 2.53 bits per heavy atom. The third-order valence-corrected chi connectivity index (χ3v) is 1.91. The minimum atomic E-state index is -0.0990. The molecule has 0 fully saturated rings. The zero-order chi connectivity index (χ0) is 11.1. The van der Waals surface area contributed by atoms with Crippen LogP contribution in [-0.4, -0.2) is 22.2 Å². The molecule has 1 aromatic rings. The topological polar surface area (TPSA) is 46.9 Å². The maximum Gasteiger partial charge on any atom is 0.244 e. The van der Waals surface area contributed by atoms with E-state index >= 15 is 0 Å². The predicted molar refractivity (Wildman–Crippen MR) is 60.1 cm³/mol. The molecule has 1 aromatic heterocycles. The Morgan fingerprint density at radius 3 is 3.13 bits per heavy atom. The molecule has 0 aliphatic rings. The van der Waals surface area contributed by atoms with Crippen molar-refractivity contribution in [3.8, 4) is 0 Å². The Kier molecular flexibility index (Phi) is 4.34. The minimum Gasteiger partial charge on any atom is -0.352 e. The fourth-order valence-corrected chi connectivity index (χ4v) is 1.07. The number of hydrogen-bond donors (Lipinski definition) is 1. The first kappa shape index (κ1) is 11.2. The van der Waals surface area contributed by atoms with Crippen LogP contribution in [-0.2, 0) is 11.8 Å². The summed E-state index contributed by atoms with van der Waals surface area (Å²) in [6.45, 7) is 4.20. The van der Waals surface area contributed by atoms with Crippen molar-refractivity contribution in [2.75, 3.05) is 6.54 Å². The van der Waals surface area contributed by atoms with Gasteiger partial charge in [0.2, 0.25) is 5.91 Å². The van der Waals surface area contributed by atoms with E-state index in [1.807, 2.05) is 13.1 Å². The summed E-state index contributed by atoms with van der Waals surface area (Å²) in [5, 5.41) is 6.73. The van der Waals surface area contributed by atoms with Crippen molar-refractivity contribution in [1.82, 2.24) is 15.1 Å². The van der Waals surface area contributed by atoms with Gasteiger partial charge in [-0.2, -0.15) is 5.10 Å². The van der Waals surface area contributed by atoms with Crippen LogP contribution in [0.25, 0.3) is 6.08 Å². The smallest absolute Gasteiger partial charge is 0.244 e. The van der Waals surface area contributed by atoms with Gasteiger partial charge in [0.15, 0.2) is 0 Å². The quantitative estimate of drug-likeness (QED) is 0.445. The molecule has 0 atom stereocenters. The summed E-state index contributed by atoms with van der Waals surface area (Å²) in [4.78, 5) is 11.3. The van der Waals surface area contributed by atoms with Crippen LogP contribution in [0.3, 0.4) is 0 Å². The average molecular weight is 205 g/mol. The summed E-state index contributed by atoms with van der Waals surface area (Å²) in [7, 11) is 1.83. The SMILES string of the molecule is C=CCCNC(=O)/C=C/c1ccnn1C. The fourth-order valence-electron chi connectivity index (χ4n) is 1.07. The van der Waals surface area contributed by atoms with E-state index in [0.717, 1.165) is 12.1 Å². The Hall–Kier alpha value is -1.84. The molecule has 1 N–H and O–H groups in total. The third-order valence-electron chi connectivity index (χ3n) is 1.91. The zero-order valence-electron chi connectivity index (χ0n) is 8.81. The van der Waals surface area contributed by atoms with E-state index in [2.05, 4.69) is 17.0 Å². The number of hydrogen-bond acceptors (Lipinski definition) is 2. The van der Waals surface area contributed by atoms with Crippen LogP contribution in [0.4, 0.5) is 0 Å². The van der Waals surface area contributed by atoms with Crippen LogP contribution >= 0.6 is 0 Å². The number of nitrogens with one attached hydrogen (secondary N) is 1. The molecule has 15 heavy (non-hydrogen) atoms. The van der Waals surface area contributed by atoms with Gasteiger partial charge in [-0.05, 0) is 18.6 Å². The number of carbonyl (C=O) groups is 1. The van der Waals surface area contributed by atoms with Crippen molar-refractivity contribution < 1.29 is 4.79 Å². The van der Waals surface area contributed by atoms with Crippen molar-refractivity contribution in [3.05, 3.63) is 36.7 Å². The fraction of sp³-hybridized carbons (Fsp3) is 0.273. The Labute approximate surface area is 89.3 Å². The molecule has 0 saturated heterocycles. The summed E-state index contributed by atoms with van der Waals surface area (Å²) >= 11 is 0. The van der Waals surface area contributed by atoms with Crippen LogP contribution < -0.4 is 5.32 Å². The van der Waals surface area contributed by atoms with Gasteiger partial charge in [-0.25, -0.2) is 0 Å². The lowest BCUT2D eigenvalue weighted by Crippen LogP contribution is -2.21. The predicted octanol–water partition coefficient (Wildman–Crippen LogP) is 1.13. The number of amides is 1. The molecule has 1 heterocycles. The van der Waals surface area contributed by atoms with Crippen molar-refractivity contribution >= 4 is 12.0 Å². The van der Waals surface area contributed by atoms with Crippen molar-refractivity contribution in [3.63, 3.8) is 0 Å². The highest BCUT2D eigenvalue weighted by Gasteiger charge is 1.95. The zero-order valence-corrected chi connectivity index (χ0v) is 8.81. The number of carbonyl (C=O) groups excluding carboxylic acids is 1. The maximum atomic E-state index is 11.3. The molecule has 0 spiro atoms. The molecule has 0 aromatic carbocycles. The molecule has 1 rings (SSSR count). The average Bonchev–Trinajstić information content (AvgIpc) is 2.61. The first-order valence-corrected chi connectivity index (χ1v) is 4.79. The van der Waals surface area contributed by atoms with Crippen molar-refractivity contribution in [2.24, 2.45) is 7.05 Å². The van der Waals surface area contributed by atoms with Gasteiger partial charge in [-0.15, -0.1) is 6.58 Å². The van der Waals surface area contributed by atoms with Gasteiger partial charge in [0.05, 0.1) is 5.69 Å².